The lowest BCUT2D eigenvalue weighted by Crippen LogP contribution is -2.20. The van der Waals surface area contributed by atoms with Gasteiger partial charge in [0.1, 0.15) is 0 Å². The van der Waals surface area contributed by atoms with E-state index in [1.165, 1.54) is 12.1 Å². The van der Waals surface area contributed by atoms with Crippen LogP contribution in [0.3, 0.4) is 0 Å². The Bertz CT molecular complexity index is 653. The predicted molar refractivity (Wildman–Crippen MR) is 89.3 cm³/mol. The highest BCUT2D eigenvalue weighted by Crippen LogP contribution is 2.37. The van der Waals surface area contributed by atoms with E-state index in [0.717, 1.165) is 16.6 Å². The van der Waals surface area contributed by atoms with Gasteiger partial charge in [0.2, 0.25) is 0 Å². The molecule has 0 radical (unpaired) electrons. The van der Waals surface area contributed by atoms with E-state index < -0.39 is 29.9 Å². The molecule has 0 heterocycles. The summed E-state index contributed by atoms with van der Waals surface area (Å²) in [5, 5.41) is 21.0. The van der Waals surface area contributed by atoms with E-state index in [1.807, 2.05) is 6.92 Å². The van der Waals surface area contributed by atoms with Crippen molar-refractivity contribution in [2.45, 2.75) is 31.7 Å². The van der Waals surface area contributed by atoms with Gasteiger partial charge in [-0.25, -0.2) is 0 Å². The molecular formula is C18H18BrF3O2. The molecule has 0 unspecified atom stereocenters. The quantitative estimate of drug-likeness (QED) is 0.715. The summed E-state index contributed by atoms with van der Waals surface area (Å²) < 4.78 is 38.7. The maximum absolute atomic E-state index is 12.6. The van der Waals surface area contributed by atoms with E-state index >= 15 is 0 Å². The number of hydrogen-bond donors (Lipinski definition) is 2. The number of benzene rings is 2. The molecule has 24 heavy (non-hydrogen) atoms. The minimum Gasteiger partial charge on any atom is -0.388 e. The fourth-order valence-corrected chi connectivity index (χ4v) is 2.91. The van der Waals surface area contributed by atoms with E-state index in [2.05, 4.69) is 15.9 Å². The summed E-state index contributed by atoms with van der Waals surface area (Å²) in [6, 6.07) is 11.5. The van der Waals surface area contributed by atoms with Gasteiger partial charge < -0.3 is 10.2 Å². The maximum atomic E-state index is 12.6. The van der Waals surface area contributed by atoms with Crippen molar-refractivity contribution in [1.82, 2.24) is 0 Å². The number of aliphatic hydroxyl groups is 2. The van der Waals surface area contributed by atoms with Crippen LogP contribution >= 0.6 is 15.9 Å². The summed E-state index contributed by atoms with van der Waals surface area (Å²) in [5.74, 6) is -0.525. The Morgan fingerprint density at radius 2 is 1.29 bits per heavy atom. The molecule has 2 aromatic carbocycles. The third kappa shape index (κ3) is 4.37. The molecule has 2 nitrogen and oxygen atoms in total. The first kappa shape index (κ1) is 19.0. The lowest BCUT2D eigenvalue weighted by Gasteiger charge is -2.27. The minimum atomic E-state index is -4.41. The van der Waals surface area contributed by atoms with Crippen molar-refractivity contribution in [3.05, 3.63) is 69.7 Å². The highest BCUT2D eigenvalue weighted by molar-refractivity contribution is 9.10. The smallest absolute Gasteiger partial charge is 0.388 e. The second kappa shape index (κ2) is 7.68. The van der Waals surface area contributed by atoms with Crippen LogP contribution in [0.1, 0.15) is 42.2 Å². The standard InChI is InChI=1S/C18H18BrF3O2/c1-2-15(17(24)12-5-9-14(19)10-6-12)16(23)11-3-7-13(8-4-11)18(20,21)22/h3-10,15-17,23-24H,2H2,1H3/t15-,16+,17+/m0/s1. The molecule has 0 saturated carbocycles. The fraction of sp³-hybridized carbons (Fsp3) is 0.333. The van der Waals surface area contributed by atoms with Crippen molar-refractivity contribution >= 4 is 15.9 Å². The van der Waals surface area contributed by atoms with Crippen LogP contribution in [-0.4, -0.2) is 10.2 Å². The minimum absolute atomic E-state index is 0.353. The Hall–Kier alpha value is -1.37. The summed E-state index contributed by atoms with van der Waals surface area (Å²) in [6.07, 6.45) is -5.92. The van der Waals surface area contributed by atoms with Crippen LogP contribution in [0.2, 0.25) is 0 Å². The van der Waals surface area contributed by atoms with Gasteiger partial charge in [0.15, 0.2) is 0 Å². The summed E-state index contributed by atoms with van der Waals surface area (Å²) in [4.78, 5) is 0. The average Bonchev–Trinajstić information content (AvgIpc) is 2.55. The summed E-state index contributed by atoms with van der Waals surface area (Å²) in [6.45, 7) is 1.82. The van der Waals surface area contributed by atoms with Crippen LogP contribution in [0.5, 0.6) is 0 Å². The van der Waals surface area contributed by atoms with Gasteiger partial charge >= 0.3 is 6.18 Å². The van der Waals surface area contributed by atoms with Crippen LogP contribution in [0, 0.1) is 5.92 Å². The first-order valence-electron chi connectivity index (χ1n) is 7.52. The van der Waals surface area contributed by atoms with E-state index in [9.17, 15) is 23.4 Å². The largest absolute Gasteiger partial charge is 0.416 e. The molecule has 0 aromatic heterocycles. The van der Waals surface area contributed by atoms with E-state index in [4.69, 9.17) is 0 Å². The fourth-order valence-electron chi connectivity index (χ4n) is 2.64. The van der Waals surface area contributed by atoms with Crippen molar-refractivity contribution in [2.24, 2.45) is 5.92 Å². The number of rotatable bonds is 5. The Kier molecular flexibility index (Phi) is 6.06. The molecule has 0 amide bonds. The van der Waals surface area contributed by atoms with Crippen molar-refractivity contribution in [3.63, 3.8) is 0 Å². The molecule has 0 bridgehead atoms. The Labute approximate surface area is 147 Å². The van der Waals surface area contributed by atoms with Crippen LogP contribution < -0.4 is 0 Å². The Morgan fingerprint density at radius 3 is 1.67 bits per heavy atom. The van der Waals surface area contributed by atoms with Crippen LogP contribution in [0.25, 0.3) is 0 Å². The first-order chi connectivity index (χ1) is 11.2. The molecule has 0 aliphatic heterocycles. The van der Waals surface area contributed by atoms with Gasteiger partial charge in [-0.3, -0.25) is 0 Å². The third-order valence-corrected chi connectivity index (χ3v) is 4.60. The molecule has 130 valence electrons. The molecule has 0 aliphatic rings. The van der Waals surface area contributed by atoms with E-state index in [0.29, 0.717) is 17.5 Å². The van der Waals surface area contributed by atoms with Crippen molar-refractivity contribution < 1.29 is 23.4 Å². The molecule has 0 spiro atoms. The predicted octanol–water partition coefficient (Wildman–Crippen LogP) is 5.26. The zero-order valence-corrected chi connectivity index (χ0v) is 14.6. The van der Waals surface area contributed by atoms with Crippen molar-refractivity contribution in [2.75, 3.05) is 0 Å². The molecule has 2 aromatic rings. The normalized spacial score (nSPS) is 15.8. The topological polar surface area (TPSA) is 40.5 Å². The van der Waals surface area contributed by atoms with Gasteiger partial charge in [-0.05, 0) is 41.8 Å². The molecule has 3 atom stereocenters. The Balaban J connectivity index is 2.21. The molecule has 6 heteroatoms. The van der Waals surface area contributed by atoms with Gasteiger partial charge in [0.05, 0.1) is 17.8 Å². The molecule has 2 rings (SSSR count). The molecule has 0 aliphatic carbocycles. The second-order valence-corrected chi connectivity index (χ2v) is 6.55. The van der Waals surface area contributed by atoms with Crippen molar-refractivity contribution in [3.8, 4) is 0 Å². The van der Waals surface area contributed by atoms with Gasteiger partial charge in [0.25, 0.3) is 0 Å². The summed E-state index contributed by atoms with van der Waals surface area (Å²) in [5.41, 5.74) is 0.238. The summed E-state index contributed by atoms with van der Waals surface area (Å²) >= 11 is 3.31. The number of hydrogen-bond acceptors (Lipinski definition) is 2. The lowest BCUT2D eigenvalue weighted by atomic mass is 9.85. The highest BCUT2D eigenvalue weighted by atomic mass is 79.9. The maximum Gasteiger partial charge on any atom is 0.416 e. The van der Waals surface area contributed by atoms with E-state index in [1.54, 1.807) is 24.3 Å². The van der Waals surface area contributed by atoms with Crippen LogP contribution in [-0.2, 0) is 6.18 Å². The van der Waals surface area contributed by atoms with E-state index in [-0.39, 0.29) is 0 Å². The zero-order chi connectivity index (χ0) is 17.9. The Morgan fingerprint density at radius 1 is 0.875 bits per heavy atom. The van der Waals surface area contributed by atoms with Gasteiger partial charge in [-0.1, -0.05) is 47.1 Å². The average molecular weight is 403 g/mol. The number of halogens is 4. The van der Waals surface area contributed by atoms with Gasteiger partial charge in [-0.2, -0.15) is 13.2 Å². The molecule has 2 N–H and O–H groups in total. The number of alkyl halides is 3. The molecule has 0 saturated heterocycles. The van der Waals surface area contributed by atoms with Crippen molar-refractivity contribution in [1.29, 1.82) is 0 Å². The first-order valence-corrected chi connectivity index (χ1v) is 8.32. The van der Waals surface area contributed by atoms with Gasteiger partial charge in [0, 0.05) is 10.4 Å². The third-order valence-electron chi connectivity index (χ3n) is 4.07. The SMILES string of the molecule is CC[C@H]([C@H](O)c1ccc(Br)cc1)[C@H](O)c1ccc(C(F)(F)F)cc1. The van der Waals surface area contributed by atoms with Gasteiger partial charge in [-0.15, -0.1) is 0 Å². The zero-order valence-electron chi connectivity index (χ0n) is 13.0. The number of aliphatic hydroxyl groups excluding tert-OH is 2. The monoisotopic (exact) mass is 402 g/mol. The molecule has 0 fully saturated rings. The van der Waals surface area contributed by atoms with Crippen LogP contribution in [0.4, 0.5) is 13.2 Å². The highest BCUT2D eigenvalue weighted by Gasteiger charge is 2.32. The van der Waals surface area contributed by atoms with Crippen LogP contribution in [0.15, 0.2) is 53.0 Å². The molecular weight excluding hydrogens is 385 g/mol. The lowest BCUT2D eigenvalue weighted by molar-refractivity contribution is -0.137. The second-order valence-electron chi connectivity index (χ2n) is 5.63. The summed E-state index contributed by atoms with van der Waals surface area (Å²) in [7, 11) is 0.